The van der Waals surface area contributed by atoms with E-state index in [0.717, 1.165) is 0 Å². The van der Waals surface area contributed by atoms with Crippen LogP contribution < -0.4 is 10.1 Å². The van der Waals surface area contributed by atoms with Gasteiger partial charge >= 0.3 is 6.72 Å². The molecule has 25 heavy (non-hydrogen) atoms. The maximum Gasteiger partial charge on any atom is 0.437 e. The molecule has 1 atom stereocenters. The van der Waals surface area contributed by atoms with Crippen molar-refractivity contribution in [2.75, 3.05) is 6.61 Å². The van der Waals surface area contributed by atoms with Crippen LogP contribution in [0.4, 0.5) is 0 Å². The summed E-state index contributed by atoms with van der Waals surface area (Å²) in [6.45, 7) is 2.05. The zero-order valence-electron chi connectivity index (χ0n) is 14.0. The molecule has 8 nitrogen and oxygen atoms in total. The molecule has 1 unspecified atom stereocenters. The van der Waals surface area contributed by atoms with E-state index in [-0.39, 0.29) is 24.2 Å². The second-order valence-electron chi connectivity index (χ2n) is 5.00. The molecule has 2 aromatic rings. The van der Waals surface area contributed by atoms with E-state index in [1.165, 1.54) is 16.8 Å². The summed E-state index contributed by atoms with van der Waals surface area (Å²) in [5, 5.41) is 4.13. The van der Waals surface area contributed by atoms with Crippen molar-refractivity contribution in [3.05, 3.63) is 52.8 Å². The van der Waals surface area contributed by atoms with Gasteiger partial charge in [-0.05, 0) is 32.9 Å². The van der Waals surface area contributed by atoms with Crippen LogP contribution in [0, 0.1) is 0 Å². The van der Waals surface area contributed by atoms with Gasteiger partial charge in [0, 0.05) is 23.9 Å². The first-order valence-corrected chi connectivity index (χ1v) is 10.1. The second kappa shape index (κ2) is 9.19. The minimum atomic E-state index is -3.43. The Balaban J connectivity index is 2.27. The fourth-order valence-electron chi connectivity index (χ4n) is 1.61. The third kappa shape index (κ3) is 6.00. The lowest BCUT2D eigenvalue weighted by Crippen LogP contribution is -2.20. The summed E-state index contributed by atoms with van der Waals surface area (Å²) in [5.41, 5.74) is 0.258. The molecule has 0 fully saturated rings. The topological polar surface area (TPSA) is 81.0 Å². The summed E-state index contributed by atoms with van der Waals surface area (Å²) >= 11 is 5.23. The van der Waals surface area contributed by atoms with Crippen molar-refractivity contribution < 1.29 is 23.6 Å². The fourth-order valence-corrected chi connectivity index (χ4v) is 3.00. The highest BCUT2D eigenvalue weighted by Crippen LogP contribution is 2.50. The number of hydrogen-bond acceptors (Lipinski definition) is 8. The van der Waals surface area contributed by atoms with Crippen LogP contribution in [0.15, 0.2) is 47.3 Å². The normalized spacial score (nSPS) is 13.6. The smallest absolute Gasteiger partial charge is 0.401 e. The summed E-state index contributed by atoms with van der Waals surface area (Å²) in [5.74, 6) is 0.0406. The van der Waals surface area contributed by atoms with Crippen LogP contribution in [0.2, 0.25) is 0 Å². The Morgan fingerprint density at radius 2 is 1.88 bits per heavy atom. The molecule has 1 heterocycles. The van der Waals surface area contributed by atoms with Crippen LogP contribution in [0.3, 0.4) is 0 Å². The third-order valence-electron chi connectivity index (χ3n) is 2.57. The second-order valence-corrected chi connectivity index (χ2v) is 7.71. The van der Waals surface area contributed by atoms with Crippen molar-refractivity contribution in [2.24, 2.45) is 0 Å². The van der Waals surface area contributed by atoms with Crippen LogP contribution in [-0.2, 0) is 30.9 Å². The van der Waals surface area contributed by atoms with E-state index in [0.29, 0.717) is 5.69 Å². The van der Waals surface area contributed by atoms with E-state index in [2.05, 4.69) is 5.10 Å². The SMILES string of the molecule is CCOOP(=S)(OOC(C)C)Oc1ccc(=O)n(-c2ccccc2)n1. The van der Waals surface area contributed by atoms with Crippen molar-refractivity contribution in [2.45, 2.75) is 26.9 Å². The predicted molar refractivity (Wildman–Crippen MR) is 94.8 cm³/mol. The molecule has 136 valence electrons. The number of hydrogen-bond donors (Lipinski definition) is 0. The Morgan fingerprint density at radius 1 is 1.16 bits per heavy atom. The van der Waals surface area contributed by atoms with Crippen molar-refractivity contribution in [1.29, 1.82) is 0 Å². The molecule has 1 aromatic heterocycles. The summed E-state index contributed by atoms with van der Waals surface area (Å²) in [6.07, 6.45) is -0.262. The number of benzene rings is 1. The standard InChI is InChI=1S/C15H19N2O6PS/c1-4-19-22-24(25,23-20-12(2)3)21-14-10-11-15(18)17(16-14)13-8-6-5-7-9-13/h5-12H,4H2,1-3H3. The van der Waals surface area contributed by atoms with Gasteiger partial charge < -0.3 is 4.52 Å². The van der Waals surface area contributed by atoms with E-state index in [9.17, 15) is 4.79 Å². The average molecular weight is 386 g/mol. The Hall–Kier alpha value is -1.61. The van der Waals surface area contributed by atoms with Gasteiger partial charge in [-0.25, -0.2) is 9.78 Å². The van der Waals surface area contributed by atoms with Crippen LogP contribution in [0.25, 0.3) is 5.69 Å². The van der Waals surface area contributed by atoms with Gasteiger partial charge in [-0.15, -0.1) is 14.4 Å². The molecule has 0 amide bonds. The van der Waals surface area contributed by atoms with Crippen molar-refractivity contribution in [1.82, 2.24) is 9.78 Å². The molecular weight excluding hydrogens is 367 g/mol. The molecule has 0 saturated heterocycles. The zero-order chi connectivity index (χ0) is 18.3. The molecule has 10 heteroatoms. The molecule has 0 saturated carbocycles. The maximum atomic E-state index is 12.0. The van der Waals surface area contributed by atoms with Gasteiger partial charge in [-0.2, -0.15) is 4.68 Å². The van der Waals surface area contributed by atoms with Crippen LogP contribution in [0.5, 0.6) is 5.88 Å². The lowest BCUT2D eigenvalue weighted by Gasteiger charge is -2.20. The first kappa shape index (κ1) is 19.7. The Labute approximate surface area is 150 Å². The van der Waals surface area contributed by atoms with Gasteiger partial charge in [0.25, 0.3) is 5.56 Å². The lowest BCUT2D eigenvalue weighted by atomic mass is 10.3. The van der Waals surface area contributed by atoms with Crippen LogP contribution >= 0.6 is 6.72 Å². The largest absolute Gasteiger partial charge is 0.437 e. The van der Waals surface area contributed by atoms with E-state index in [4.69, 9.17) is 35.5 Å². The van der Waals surface area contributed by atoms with Gasteiger partial charge in [-0.3, -0.25) is 4.79 Å². The third-order valence-corrected chi connectivity index (χ3v) is 4.13. The highest BCUT2D eigenvalue weighted by Gasteiger charge is 2.28. The molecule has 2 rings (SSSR count). The quantitative estimate of drug-likeness (QED) is 0.369. The Kier molecular flexibility index (Phi) is 7.24. The maximum absolute atomic E-state index is 12.0. The highest BCUT2D eigenvalue weighted by molar-refractivity contribution is 8.07. The van der Waals surface area contributed by atoms with Crippen molar-refractivity contribution in [3.8, 4) is 11.6 Å². The molecule has 0 aliphatic carbocycles. The molecule has 0 aliphatic rings. The summed E-state index contributed by atoms with van der Waals surface area (Å²) in [6, 6.07) is 11.6. The van der Waals surface area contributed by atoms with Crippen molar-refractivity contribution in [3.63, 3.8) is 0 Å². The minimum Gasteiger partial charge on any atom is -0.401 e. The van der Waals surface area contributed by atoms with E-state index in [1.807, 2.05) is 6.07 Å². The van der Waals surface area contributed by atoms with Crippen molar-refractivity contribution >= 4 is 18.5 Å². The van der Waals surface area contributed by atoms with Crippen LogP contribution in [-0.4, -0.2) is 22.5 Å². The fraction of sp³-hybridized carbons (Fsp3) is 0.333. The molecule has 0 aliphatic heterocycles. The summed E-state index contributed by atoms with van der Waals surface area (Å²) in [4.78, 5) is 21.9. The lowest BCUT2D eigenvalue weighted by molar-refractivity contribution is -0.279. The molecule has 0 spiro atoms. The van der Waals surface area contributed by atoms with Gasteiger partial charge in [0.15, 0.2) is 0 Å². The van der Waals surface area contributed by atoms with Crippen LogP contribution in [0.1, 0.15) is 20.8 Å². The molecular formula is C15H19N2O6PS. The van der Waals surface area contributed by atoms with E-state index in [1.54, 1.807) is 45.0 Å². The minimum absolute atomic E-state index is 0.0406. The van der Waals surface area contributed by atoms with E-state index < -0.39 is 6.72 Å². The van der Waals surface area contributed by atoms with E-state index >= 15 is 0 Å². The number of para-hydroxylation sites is 1. The number of nitrogens with zero attached hydrogens (tertiary/aromatic N) is 2. The first-order valence-electron chi connectivity index (χ1n) is 7.55. The molecule has 1 aromatic carbocycles. The zero-order valence-corrected chi connectivity index (χ0v) is 15.7. The van der Waals surface area contributed by atoms with Gasteiger partial charge in [0.1, 0.15) is 0 Å². The highest BCUT2D eigenvalue weighted by atomic mass is 32.5. The molecule has 0 radical (unpaired) electrons. The monoisotopic (exact) mass is 386 g/mol. The summed E-state index contributed by atoms with van der Waals surface area (Å²) < 4.78 is 16.9. The predicted octanol–water partition coefficient (Wildman–Crippen LogP) is 3.16. The average Bonchev–Trinajstić information content (AvgIpc) is 2.61. The number of rotatable bonds is 9. The van der Waals surface area contributed by atoms with Gasteiger partial charge in [0.2, 0.25) is 5.88 Å². The number of aromatic nitrogens is 2. The molecule has 0 bridgehead atoms. The molecule has 0 N–H and O–H groups in total. The first-order chi connectivity index (χ1) is 11.9. The van der Waals surface area contributed by atoms with Gasteiger partial charge in [-0.1, -0.05) is 18.2 Å². The Bertz CT molecular complexity index is 783. The Morgan fingerprint density at radius 3 is 2.52 bits per heavy atom. The van der Waals surface area contributed by atoms with Gasteiger partial charge in [0.05, 0.1) is 18.4 Å². The summed E-state index contributed by atoms with van der Waals surface area (Å²) in [7, 11) is 0.